The number of anilines is 1. The Bertz CT molecular complexity index is 990. The number of hydrogen-bond donors (Lipinski definition) is 1. The van der Waals surface area contributed by atoms with Gasteiger partial charge in [0.2, 0.25) is 0 Å². The number of benzene rings is 1. The van der Waals surface area contributed by atoms with E-state index < -0.39 is 15.7 Å². The van der Waals surface area contributed by atoms with E-state index in [2.05, 4.69) is 20.4 Å². The van der Waals surface area contributed by atoms with Gasteiger partial charge in [-0.1, -0.05) is 22.8 Å². The van der Waals surface area contributed by atoms with Crippen molar-refractivity contribution in [2.75, 3.05) is 11.6 Å². The Hall–Kier alpha value is -2.52. The fraction of sp³-hybridized carbons (Fsp3) is 0.333. The quantitative estimate of drug-likeness (QED) is 0.566. The SMILES string of the molecule is CS(=O)(=O)c1ccc(/C(=N\OC2CCCC2)C(=O)Nc2cnccn2)cc1Cl. The second-order valence-electron chi connectivity index (χ2n) is 6.41. The lowest BCUT2D eigenvalue weighted by molar-refractivity contribution is -0.110. The lowest BCUT2D eigenvalue weighted by Gasteiger charge is -2.12. The first kappa shape index (κ1) is 20.2. The third-order valence-electron chi connectivity index (χ3n) is 4.22. The predicted octanol–water partition coefficient (Wildman–Crippen LogP) is 2.84. The third-order valence-corrected chi connectivity index (χ3v) is 5.80. The van der Waals surface area contributed by atoms with Crippen molar-refractivity contribution in [3.05, 3.63) is 47.4 Å². The van der Waals surface area contributed by atoms with Crippen LogP contribution in [0.5, 0.6) is 0 Å². The maximum Gasteiger partial charge on any atom is 0.279 e. The summed E-state index contributed by atoms with van der Waals surface area (Å²) in [4.78, 5) is 26.2. The Morgan fingerprint density at radius 1 is 1.29 bits per heavy atom. The molecule has 28 heavy (non-hydrogen) atoms. The highest BCUT2D eigenvalue weighted by molar-refractivity contribution is 7.90. The van der Waals surface area contributed by atoms with Crippen LogP contribution in [0.4, 0.5) is 5.82 Å². The molecule has 1 aromatic carbocycles. The Labute approximate surface area is 167 Å². The second kappa shape index (κ2) is 8.66. The lowest BCUT2D eigenvalue weighted by atomic mass is 10.1. The van der Waals surface area contributed by atoms with Crippen LogP contribution in [0.3, 0.4) is 0 Å². The maximum atomic E-state index is 12.8. The number of nitrogens with one attached hydrogen (secondary N) is 1. The normalized spacial score (nSPS) is 15.4. The second-order valence-corrected chi connectivity index (χ2v) is 8.81. The molecule has 1 fully saturated rings. The molecule has 0 spiro atoms. The van der Waals surface area contributed by atoms with Gasteiger partial charge in [0.1, 0.15) is 6.10 Å². The summed E-state index contributed by atoms with van der Waals surface area (Å²) in [6.45, 7) is 0. The van der Waals surface area contributed by atoms with E-state index in [0.717, 1.165) is 31.9 Å². The minimum absolute atomic E-state index is 0.000805. The number of oxime groups is 1. The van der Waals surface area contributed by atoms with E-state index in [1.165, 1.54) is 36.8 Å². The molecular weight excluding hydrogens is 404 g/mol. The van der Waals surface area contributed by atoms with Crippen molar-refractivity contribution >= 4 is 38.9 Å². The molecule has 1 aliphatic carbocycles. The smallest absolute Gasteiger partial charge is 0.279 e. The van der Waals surface area contributed by atoms with Gasteiger partial charge in [0.15, 0.2) is 21.4 Å². The van der Waals surface area contributed by atoms with Crippen molar-refractivity contribution in [3.8, 4) is 0 Å². The molecule has 148 valence electrons. The van der Waals surface area contributed by atoms with E-state index in [0.29, 0.717) is 5.56 Å². The first-order chi connectivity index (χ1) is 13.3. The van der Waals surface area contributed by atoms with Gasteiger partial charge >= 0.3 is 0 Å². The standard InChI is InChI=1S/C18H19ClN4O4S/c1-28(25,26)15-7-6-12(10-14(15)19)17(23-27-13-4-2-3-5-13)18(24)22-16-11-20-8-9-21-16/h6-11,13H,2-5H2,1H3,(H,21,22,24)/b23-17+. The molecule has 1 saturated carbocycles. The van der Waals surface area contributed by atoms with Crippen LogP contribution < -0.4 is 5.32 Å². The van der Waals surface area contributed by atoms with Crippen LogP contribution in [0.1, 0.15) is 31.2 Å². The Balaban J connectivity index is 1.92. The molecule has 10 heteroatoms. The van der Waals surface area contributed by atoms with Gasteiger partial charge in [-0.05, 0) is 37.8 Å². The van der Waals surface area contributed by atoms with Crippen LogP contribution in [-0.2, 0) is 19.5 Å². The van der Waals surface area contributed by atoms with Gasteiger partial charge in [0, 0.05) is 24.2 Å². The molecule has 1 amide bonds. The summed E-state index contributed by atoms with van der Waals surface area (Å²) in [6, 6.07) is 4.19. The van der Waals surface area contributed by atoms with Gasteiger partial charge < -0.3 is 10.2 Å². The summed E-state index contributed by atoms with van der Waals surface area (Å²) >= 11 is 6.12. The average Bonchev–Trinajstić information content (AvgIpc) is 3.15. The number of sulfone groups is 1. The Morgan fingerprint density at radius 3 is 2.64 bits per heavy atom. The van der Waals surface area contributed by atoms with Gasteiger partial charge in [-0.3, -0.25) is 9.78 Å². The number of nitrogens with zero attached hydrogens (tertiary/aromatic N) is 3. The number of carbonyl (C=O) groups is 1. The molecule has 2 aromatic rings. The molecular formula is C18H19ClN4O4S. The highest BCUT2D eigenvalue weighted by atomic mass is 35.5. The molecule has 0 aliphatic heterocycles. The summed E-state index contributed by atoms with van der Waals surface area (Å²) in [5, 5.41) is 6.65. The molecule has 0 radical (unpaired) electrons. The Kier molecular flexibility index (Phi) is 6.25. The number of rotatable bonds is 6. The van der Waals surface area contributed by atoms with Crippen LogP contribution in [0.2, 0.25) is 5.02 Å². The molecule has 0 bridgehead atoms. The molecule has 1 heterocycles. The van der Waals surface area contributed by atoms with Crippen molar-refractivity contribution in [3.63, 3.8) is 0 Å². The Morgan fingerprint density at radius 2 is 2.04 bits per heavy atom. The summed E-state index contributed by atoms with van der Waals surface area (Å²) in [7, 11) is -3.49. The number of carbonyl (C=O) groups excluding carboxylic acids is 1. The van der Waals surface area contributed by atoms with E-state index in [9.17, 15) is 13.2 Å². The first-order valence-electron chi connectivity index (χ1n) is 8.66. The number of halogens is 1. The largest absolute Gasteiger partial charge is 0.392 e. The highest BCUT2D eigenvalue weighted by Gasteiger charge is 2.22. The monoisotopic (exact) mass is 422 g/mol. The summed E-state index contributed by atoms with van der Waals surface area (Å²) < 4.78 is 23.6. The zero-order valence-corrected chi connectivity index (χ0v) is 16.7. The highest BCUT2D eigenvalue weighted by Crippen LogP contribution is 2.24. The van der Waals surface area contributed by atoms with Crippen molar-refractivity contribution < 1.29 is 18.0 Å². The minimum atomic E-state index is -3.49. The molecule has 0 saturated heterocycles. The topological polar surface area (TPSA) is 111 Å². The fourth-order valence-corrected chi connectivity index (χ4v) is 4.16. The predicted molar refractivity (Wildman–Crippen MR) is 105 cm³/mol. The van der Waals surface area contributed by atoms with Gasteiger partial charge in [0.05, 0.1) is 16.1 Å². The van der Waals surface area contributed by atoms with Crippen LogP contribution in [-0.4, -0.2) is 42.4 Å². The number of hydrogen-bond acceptors (Lipinski definition) is 7. The minimum Gasteiger partial charge on any atom is -0.392 e. The van der Waals surface area contributed by atoms with Crippen molar-refractivity contribution in [2.45, 2.75) is 36.7 Å². The fourth-order valence-electron chi connectivity index (χ4n) is 2.83. The van der Waals surface area contributed by atoms with Crippen molar-refractivity contribution in [1.29, 1.82) is 0 Å². The van der Waals surface area contributed by atoms with Gasteiger partial charge in [0.25, 0.3) is 5.91 Å². The van der Waals surface area contributed by atoms with Gasteiger partial charge in [-0.25, -0.2) is 13.4 Å². The zero-order valence-electron chi connectivity index (χ0n) is 15.1. The van der Waals surface area contributed by atoms with Gasteiger partial charge in [-0.15, -0.1) is 0 Å². The first-order valence-corrected chi connectivity index (χ1v) is 10.9. The van der Waals surface area contributed by atoms with E-state index in [1.807, 2.05) is 0 Å². The molecule has 8 nitrogen and oxygen atoms in total. The van der Waals surface area contributed by atoms with Crippen LogP contribution >= 0.6 is 11.6 Å². The van der Waals surface area contributed by atoms with Crippen molar-refractivity contribution in [1.82, 2.24) is 9.97 Å². The third kappa shape index (κ3) is 5.05. The molecule has 3 rings (SSSR count). The van der Waals surface area contributed by atoms with E-state index in [4.69, 9.17) is 16.4 Å². The summed E-state index contributed by atoms with van der Waals surface area (Å²) in [6.07, 6.45) is 9.18. The lowest BCUT2D eigenvalue weighted by Crippen LogP contribution is -2.25. The van der Waals surface area contributed by atoms with E-state index >= 15 is 0 Å². The molecule has 0 unspecified atom stereocenters. The number of aromatic nitrogens is 2. The summed E-state index contributed by atoms with van der Waals surface area (Å²) in [5.41, 5.74) is 0.302. The molecule has 1 N–H and O–H groups in total. The van der Waals surface area contributed by atoms with E-state index in [-0.39, 0.29) is 27.6 Å². The van der Waals surface area contributed by atoms with Crippen LogP contribution in [0.15, 0.2) is 46.8 Å². The van der Waals surface area contributed by atoms with Crippen LogP contribution in [0.25, 0.3) is 0 Å². The maximum absolute atomic E-state index is 12.8. The summed E-state index contributed by atoms with van der Waals surface area (Å²) in [5.74, 6) is -0.318. The number of amides is 1. The van der Waals surface area contributed by atoms with E-state index in [1.54, 1.807) is 0 Å². The molecule has 0 atom stereocenters. The molecule has 1 aromatic heterocycles. The van der Waals surface area contributed by atoms with Crippen LogP contribution in [0, 0.1) is 0 Å². The van der Waals surface area contributed by atoms with Gasteiger partial charge in [-0.2, -0.15) is 0 Å². The zero-order chi connectivity index (χ0) is 20.1. The van der Waals surface area contributed by atoms with Crippen molar-refractivity contribution in [2.24, 2.45) is 5.16 Å². The molecule has 1 aliphatic rings. The average molecular weight is 423 g/mol.